The summed E-state index contributed by atoms with van der Waals surface area (Å²) in [5.41, 5.74) is 2.14. The molecular formula is C16H22N2O2S. The maximum absolute atomic E-state index is 11.2. The van der Waals surface area contributed by atoms with Gasteiger partial charge < -0.3 is 9.67 Å². The number of carbonyl (C=O) groups is 1. The van der Waals surface area contributed by atoms with Crippen molar-refractivity contribution in [3.05, 3.63) is 29.6 Å². The average molecular weight is 306 g/mol. The van der Waals surface area contributed by atoms with Gasteiger partial charge in [0.2, 0.25) is 0 Å². The first-order chi connectivity index (χ1) is 10.1. The van der Waals surface area contributed by atoms with E-state index in [1.807, 2.05) is 17.8 Å². The maximum Gasteiger partial charge on any atom is 0.335 e. The Morgan fingerprint density at radius 2 is 2.19 bits per heavy atom. The number of aromatic carboxylic acids is 1. The van der Waals surface area contributed by atoms with Crippen LogP contribution in [0.1, 0.15) is 49.4 Å². The molecule has 0 saturated carbocycles. The van der Waals surface area contributed by atoms with Gasteiger partial charge in [-0.25, -0.2) is 9.78 Å². The number of aryl methyl sites for hydroxylation is 1. The molecule has 1 atom stereocenters. The van der Waals surface area contributed by atoms with Gasteiger partial charge in [-0.2, -0.15) is 11.8 Å². The Morgan fingerprint density at radius 1 is 1.43 bits per heavy atom. The summed E-state index contributed by atoms with van der Waals surface area (Å²) >= 11 is 1.90. The van der Waals surface area contributed by atoms with Gasteiger partial charge in [0, 0.05) is 18.2 Å². The van der Waals surface area contributed by atoms with Crippen molar-refractivity contribution in [1.29, 1.82) is 0 Å². The van der Waals surface area contributed by atoms with Crippen molar-refractivity contribution in [3.63, 3.8) is 0 Å². The zero-order valence-corrected chi connectivity index (χ0v) is 13.6. The van der Waals surface area contributed by atoms with Crippen LogP contribution in [-0.4, -0.2) is 32.1 Å². The van der Waals surface area contributed by atoms with Crippen molar-refractivity contribution in [2.75, 3.05) is 11.5 Å². The minimum Gasteiger partial charge on any atom is -0.478 e. The standard InChI is InChI=1S/C16H22N2O2S/c1-4-6-15-17-13-8-7-12(16(19)20)9-14(13)18(15)11(3)10-21-5-2/h7-9,11H,4-6,10H2,1-3H3,(H,19,20). The average Bonchev–Trinajstić information content (AvgIpc) is 2.82. The summed E-state index contributed by atoms with van der Waals surface area (Å²) in [7, 11) is 0. The zero-order valence-electron chi connectivity index (χ0n) is 12.8. The number of carboxylic acid groups (broad SMARTS) is 1. The summed E-state index contributed by atoms with van der Waals surface area (Å²) in [6, 6.07) is 5.50. The lowest BCUT2D eigenvalue weighted by Crippen LogP contribution is -2.12. The van der Waals surface area contributed by atoms with Gasteiger partial charge in [0.05, 0.1) is 16.6 Å². The molecule has 0 aliphatic rings. The Balaban J connectivity index is 2.52. The third kappa shape index (κ3) is 3.40. The smallest absolute Gasteiger partial charge is 0.335 e. The predicted molar refractivity (Wildman–Crippen MR) is 88.4 cm³/mol. The molecule has 0 saturated heterocycles. The lowest BCUT2D eigenvalue weighted by Gasteiger charge is -2.17. The molecule has 21 heavy (non-hydrogen) atoms. The molecule has 1 unspecified atom stereocenters. The van der Waals surface area contributed by atoms with Crippen molar-refractivity contribution >= 4 is 28.8 Å². The number of nitrogens with zero attached hydrogens (tertiary/aromatic N) is 2. The van der Waals surface area contributed by atoms with Crippen LogP contribution in [-0.2, 0) is 6.42 Å². The first-order valence-electron chi connectivity index (χ1n) is 7.40. The summed E-state index contributed by atoms with van der Waals surface area (Å²) in [5.74, 6) is 2.26. The molecule has 0 fully saturated rings. The number of hydrogen-bond acceptors (Lipinski definition) is 3. The lowest BCUT2D eigenvalue weighted by atomic mass is 10.2. The highest BCUT2D eigenvalue weighted by molar-refractivity contribution is 7.99. The number of fused-ring (bicyclic) bond motifs is 1. The largest absolute Gasteiger partial charge is 0.478 e. The molecule has 0 aliphatic heterocycles. The highest BCUT2D eigenvalue weighted by Gasteiger charge is 2.17. The predicted octanol–water partition coefficient (Wildman–Crippen LogP) is 4.00. The van der Waals surface area contributed by atoms with E-state index in [4.69, 9.17) is 4.98 Å². The number of imidazole rings is 1. The molecule has 1 aromatic heterocycles. The van der Waals surface area contributed by atoms with E-state index in [2.05, 4.69) is 25.3 Å². The summed E-state index contributed by atoms with van der Waals surface area (Å²) in [6.45, 7) is 6.47. The van der Waals surface area contributed by atoms with Crippen molar-refractivity contribution in [3.8, 4) is 0 Å². The van der Waals surface area contributed by atoms with Crippen LogP contribution in [0, 0.1) is 0 Å². The Morgan fingerprint density at radius 3 is 2.81 bits per heavy atom. The fraction of sp³-hybridized carbons (Fsp3) is 0.500. The third-order valence-electron chi connectivity index (χ3n) is 3.49. The third-order valence-corrected chi connectivity index (χ3v) is 4.61. The molecule has 0 aliphatic carbocycles. The van der Waals surface area contributed by atoms with E-state index in [1.54, 1.807) is 12.1 Å². The van der Waals surface area contributed by atoms with Gasteiger partial charge in [0.15, 0.2) is 0 Å². The van der Waals surface area contributed by atoms with E-state index in [1.165, 1.54) is 0 Å². The monoisotopic (exact) mass is 306 g/mol. The van der Waals surface area contributed by atoms with E-state index >= 15 is 0 Å². The number of hydrogen-bond donors (Lipinski definition) is 1. The second-order valence-electron chi connectivity index (χ2n) is 5.17. The van der Waals surface area contributed by atoms with Gasteiger partial charge in [-0.1, -0.05) is 13.8 Å². The van der Waals surface area contributed by atoms with Crippen LogP contribution in [0.5, 0.6) is 0 Å². The number of carboxylic acids is 1. The number of thioether (sulfide) groups is 1. The first-order valence-corrected chi connectivity index (χ1v) is 8.55. The SMILES string of the molecule is CCCc1nc2ccc(C(=O)O)cc2n1C(C)CSCC. The van der Waals surface area contributed by atoms with E-state index in [0.29, 0.717) is 11.6 Å². The van der Waals surface area contributed by atoms with Gasteiger partial charge in [-0.3, -0.25) is 0 Å². The van der Waals surface area contributed by atoms with Crippen LogP contribution in [0.15, 0.2) is 18.2 Å². The molecule has 114 valence electrons. The molecule has 2 aromatic rings. The fourth-order valence-electron chi connectivity index (χ4n) is 2.53. The van der Waals surface area contributed by atoms with Gasteiger partial charge in [-0.15, -0.1) is 0 Å². The van der Waals surface area contributed by atoms with Gasteiger partial charge in [-0.05, 0) is 37.3 Å². The number of rotatable bonds is 7. The van der Waals surface area contributed by atoms with Crippen molar-refractivity contribution < 1.29 is 9.90 Å². The molecule has 1 heterocycles. The van der Waals surface area contributed by atoms with Crippen molar-refractivity contribution in [2.24, 2.45) is 0 Å². The quantitative estimate of drug-likeness (QED) is 0.840. The summed E-state index contributed by atoms with van der Waals surface area (Å²) in [4.78, 5) is 15.9. The van der Waals surface area contributed by atoms with Gasteiger partial charge in [0.25, 0.3) is 0 Å². The molecule has 0 amide bonds. The summed E-state index contributed by atoms with van der Waals surface area (Å²) in [5, 5.41) is 9.19. The van der Waals surface area contributed by atoms with Crippen LogP contribution in [0.25, 0.3) is 11.0 Å². The molecule has 0 radical (unpaired) electrons. The highest BCUT2D eigenvalue weighted by atomic mass is 32.2. The fourth-order valence-corrected chi connectivity index (χ4v) is 3.26. The maximum atomic E-state index is 11.2. The van der Waals surface area contributed by atoms with E-state index < -0.39 is 5.97 Å². The Labute approximate surface area is 129 Å². The molecule has 0 spiro atoms. The van der Waals surface area contributed by atoms with E-state index in [9.17, 15) is 9.90 Å². The molecule has 4 nitrogen and oxygen atoms in total. The number of benzene rings is 1. The summed E-state index contributed by atoms with van der Waals surface area (Å²) < 4.78 is 2.22. The van der Waals surface area contributed by atoms with Crippen LogP contribution >= 0.6 is 11.8 Å². The molecule has 5 heteroatoms. The highest BCUT2D eigenvalue weighted by Crippen LogP contribution is 2.25. The number of aromatic nitrogens is 2. The van der Waals surface area contributed by atoms with E-state index in [0.717, 1.165) is 41.2 Å². The molecule has 0 bridgehead atoms. The minimum absolute atomic E-state index is 0.311. The van der Waals surface area contributed by atoms with Crippen LogP contribution in [0.4, 0.5) is 0 Å². The lowest BCUT2D eigenvalue weighted by molar-refractivity contribution is 0.0697. The van der Waals surface area contributed by atoms with Crippen molar-refractivity contribution in [2.45, 2.75) is 39.7 Å². The van der Waals surface area contributed by atoms with Gasteiger partial charge in [0.1, 0.15) is 5.82 Å². The zero-order chi connectivity index (χ0) is 15.4. The second kappa shape index (κ2) is 6.98. The molecule has 1 N–H and O–H groups in total. The summed E-state index contributed by atoms with van der Waals surface area (Å²) in [6.07, 6.45) is 1.95. The van der Waals surface area contributed by atoms with Crippen LogP contribution in [0.2, 0.25) is 0 Å². The second-order valence-corrected chi connectivity index (χ2v) is 6.48. The molecule has 1 aromatic carbocycles. The van der Waals surface area contributed by atoms with Crippen LogP contribution < -0.4 is 0 Å². The first kappa shape index (κ1) is 15.9. The van der Waals surface area contributed by atoms with Crippen LogP contribution in [0.3, 0.4) is 0 Å². The van der Waals surface area contributed by atoms with Gasteiger partial charge >= 0.3 is 5.97 Å². The Bertz CT molecular complexity index is 636. The Kier molecular flexibility index (Phi) is 5.28. The van der Waals surface area contributed by atoms with Crippen molar-refractivity contribution in [1.82, 2.24) is 9.55 Å². The normalized spacial score (nSPS) is 12.7. The van der Waals surface area contributed by atoms with E-state index in [-0.39, 0.29) is 0 Å². The molecule has 2 rings (SSSR count). The topological polar surface area (TPSA) is 55.1 Å². The minimum atomic E-state index is -0.891. The Hall–Kier alpha value is -1.49. The molecular weight excluding hydrogens is 284 g/mol.